The number of carbonyl (C=O) groups excluding carboxylic acids is 2. The third-order valence-corrected chi connectivity index (χ3v) is 3.57. The topological polar surface area (TPSA) is 85.2 Å². The van der Waals surface area contributed by atoms with Gasteiger partial charge in [0.25, 0.3) is 0 Å². The summed E-state index contributed by atoms with van der Waals surface area (Å²) >= 11 is 0. The first-order chi connectivity index (χ1) is 11.5. The van der Waals surface area contributed by atoms with E-state index in [2.05, 4.69) is 9.89 Å². The minimum atomic E-state index is -0.329. The van der Waals surface area contributed by atoms with Crippen LogP contribution in [0.25, 0.3) is 10.8 Å². The number of methoxy groups -OCH3 is 1. The molecule has 2 aromatic rings. The first-order valence-electron chi connectivity index (χ1n) is 7.49. The van der Waals surface area contributed by atoms with Crippen LogP contribution in [0.1, 0.15) is 29.6 Å². The molecule has 0 aliphatic carbocycles. The molecule has 0 spiro atoms. The smallest absolute Gasteiger partial charge is 0.305 e. The van der Waals surface area contributed by atoms with Gasteiger partial charge in [0.1, 0.15) is 18.6 Å². The molecule has 0 amide bonds. The van der Waals surface area contributed by atoms with Gasteiger partial charge in [-0.15, -0.1) is 0 Å². The van der Waals surface area contributed by atoms with Crippen LogP contribution in [0.4, 0.5) is 0 Å². The molecule has 0 bridgehead atoms. The maximum absolute atomic E-state index is 12.6. The number of carbonyl (C=O) groups is 2. The SMILES string of the molecule is CO/N=C(\CCCC(=O)OC)C(=O)c1ccc2cc(O)ccc2c1. The molecule has 0 saturated carbocycles. The molecule has 0 heterocycles. The number of oxime groups is 1. The monoisotopic (exact) mass is 329 g/mol. The Labute approximate surface area is 139 Å². The van der Waals surface area contributed by atoms with Crippen LogP contribution in [0.2, 0.25) is 0 Å². The zero-order valence-electron chi connectivity index (χ0n) is 13.6. The first-order valence-corrected chi connectivity index (χ1v) is 7.49. The number of phenols is 1. The Balaban J connectivity index is 2.18. The van der Waals surface area contributed by atoms with E-state index in [1.54, 1.807) is 36.4 Å². The zero-order valence-corrected chi connectivity index (χ0v) is 13.6. The molecule has 0 aliphatic rings. The van der Waals surface area contributed by atoms with Crippen LogP contribution in [-0.2, 0) is 14.4 Å². The lowest BCUT2D eigenvalue weighted by Crippen LogP contribution is -2.15. The van der Waals surface area contributed by atoms with Gasteiger partial charge in [0.2, 0.25) is 5.78 Å². The lowest BCUT2D eigenvalue weighted by molar-refractivity contribution is -0.140. The second-order valence-electron chi connectivity index (χ2n) is 5.23. The largest absolute Gasteiger partial charge is 0.508 e. The summed E-state index contributed by atoms with van der Waals surface area (Å²) in [5, 5.41) is 15.0. The van der Waals surface area contributed by atoms with E-state index >= 15 is 0 Å². The first kappa shape index (κ1) is 17.5. The minimum absolute atomic E-state index is 0.172. The number of fused-ring (bicyclic) bond motifs is 1. The van der Waals surface area contributed by atoms with E-state index in [4.69, 9.17) is 4.84 Å². The normalized spacial score (nSPS) is 11.3. The van der Waals surface area contributed by atoms with Gasteiger partial charge in [-0.2, -0.15) is 0 Å². The molecule has 0 fully saturated rings. The number of Topliss-reactive ketones (excluding diaryl/α,β-unsaturated/α-hetero) is 1. The van der Waals surface area contributed by atoms with Gasteiger partial charge < -0.3 is 14.7 Å². The Bertz CT molecular complexity index is 782. The predicted molar refractivity (Wildman–Crippen MR) is 90.3 cm³/mol. The van der Waals surface area contributed by atoms with E-state index in [0.717, 1.165) is 10.8 Å². The Morgan fingerprint density at radius 3 is 2.46 bits per heavy atom. The molecule has 0 atom stereocenters. The second kappa shape index (κ2) is 8.10. The van der Waals surface area contributed by atoms with E-state index in [-0.39, 0.29) is 29.6 Å². The number of rotatable bonds is 7. The molecule has 2 rings (SSSR count). The average Bonchev–Trinajstić information content (AvgIpc) is 2.59. The molecular formula is C18H19NO5. The number of ether oxygens (including phenoxy) is 1. The Kier molecular flexibility index (Phi) is 5.89. The molecule has 6 nitrogen and oxygen atoms in total. The fraction of sp³-hybridized carbons (Fsp3) is 0.278. The third kappa shape index (κ3) is 4.32. The number of benzene rings is 2. The van der Waals surface area contributed by atoms with Crippen molar-refractivity contribution in [2.24, 2.45) is 5.16 Å². The number of aromatic hydroxyl groups is 1. The molecule has 24 heavy (non-hydrogen) atoms. The van der Waals surface area contributed by atoms with Crippen LogP contribution in [0.3, 0.4) is 0 Å². The Morgan fingerprint density at radius 1 is 1.04 bits per heavy atom. The zero-order chi connectivity index (χ0) is 17.5. The molecule has 0 aromatic heterocycles. The number of phenolic OH excluding ortho intramolecular Hbond substituents is 1. The van der Waals surface area contributed by atoms with E-state index < -0.39 is 0 Å². The van der Waals surface area contributed by atoms with Gasteiger partial charge in [-0.3, -0.25) is 9.59 Å². The fourth-order valence-corrected chi connectivity index (χ4v) is 2.35. The summed E-state index contributed by atoms with van der Waals surface area (Å²) < 4.78 is 4.58. The van der Waals surface area contributed by atoms with Crippen molar-refractivity contribution in [2.75, 3.05) is 14.2 Å². The number of ketones is 1. The molecule has 0 radical (unpaired) electrons. The highest BCUT2D eigenvalue weighted by molar-refractivity contribution is 6.46. The highest BCUT2D eigenvalue weighted by Crippen LogP contribution is 2.22. The summed E-state index contributed by atoms with van der Waals surface area (Å²) in [5.41, 5.74) is 0.724. The van der Waals surface area contributed by atoms with Gasteiger partial charge in [-0.05, 0) is 41.8 Å². The highest BCUT2D eigenvalue weighted by Gasteiger charge is 2.16. The standard InChI is InChI=1S/C18H19NO5/c1-23-17(21)5-3-4-16(19-24-2)18(22)14-7-6-13-11-15(20)9-8-12(13)10-14/h6-11,20H,3-5H2,1-2H3/b19-16+. The Morgan fingerprint density at radius 2 is 1.75 bits per heavy atom. The quantitative estimate of drug-likeness (QED) is 0.365. The van der Waals surface area contributed by atoms with Crippen LogP contribution in [-0.4, -0.2) is 36.8 Å². The minimum Gasteiger partial charge on any atom is -0.508 e. The van der Waals surface area contributed by atoms with Gasteiger partial charge >= 0.3 is 5.97 Å². The van der Waals surface area contributed by atoms with Gasteiger partial charge in [0.15, 0.2) is 0 Å². The van der Waals surface area contributed by atoms with Gasteiger partial charge in [-0.1, -0.05) is 23.4 Å². The third-order valence-electron chi connectivity index (χ3n) is 3.57. The van der Waals surface area contributed by atoms with Crippen LogP contribution in [0.5, 0.6) is 5.75 Å². The molecule has 2 aromatic carbocycles. The van der Waals surface area contributed by atoms with Gasteiger partial charge in [0, 0.05) is 12.0 Å². The Hall–Kier alpha value is -2.89. The van der Waals surface area contributed by atoms with Crippen LogP contribution >= 0.6 is 0 Å². The maximum Gasteiger partial charge on any atom is 0.305 e. The second-order valence-corrected chi connectivity index (χ2v) is 5.23. The van der Waals surface area contributed by atoms with E-state index in [9.17, 15) is 14.7 Å². The van der Waals surface area contributed by atoms with Crippen molar-refractivity contribution in [3.63, 3.8) is 0 Å². The molecular weight excluding hydrogens is 310 g/mol. The van der Waals surface area contributed by atoms with Crippen molar-refractivity contribution >= 4 is 28.2 Å². The van der Waals surface area contributed by atoms with Crippen molar-refractivity contribution < 1.29 is 24.3 Å². The van der Waals surface area contributed by atoms with Gasteiger partial charge in [-0.25, -0.2) is 0 Å². The summed E-state index contributed by atoms with van der Waals surface area (Å²) in [7, 11) is 2.70. The molecule has 0 aliphatic heterocycles. The summed E-state index contributed by atoms with van der Waals surface area (Å²) in [6.45, 7) is 0. The summed E-state index contributed by atoms with van der Waals surface area (Å²) in [4.78, 5) is 28.5. The van der Waals surface area contributed by atoms with Gasteiger partial charge in [0.05, 0.1) is 7.11 Å². The van der Waals surface area contributed by atoms with Crippen molar-refractivity contribution in [1.82, 2.24) is 0 Å². The number of hydrogen-bond acceptors (Lipinski definition) is 6. The fourth-order valence-electron chi connectivity index (χ4n) is 2.35. The van der Waals surface area contributed by atoms with Crippen LogP contribution in [0, 0.1) is 0 Å². The van der Waals surface area contributed by atoms with Crippen molar-refractivity contribution in [2.45, 2.75) is 19.3 Å². The molecule has 126 valence electrons. The van der Waals surface area contributed by atoms with Crippen LogP contribution < -0.4 is 0 Å². The predicted octanol–water partition coefficient (Wildman–Crippen LogP) is 3.07. The van der Waals surface area contributed by atoms with Crippen molar-refractivity contribution in [3.05, 3.63) is 42.0 Å². The maximum atomic E-state index is 12.6. The number of hydrogen-bond donors (Lipinski definition) is 1. The van der Waals surface area contributed by atoms with E-state index in [0.29, 0.717) is 18.4 Å². The highest BCUT2D eigenvalue weighted by atomic mass is 16.6. The average molecular weight is 329 g/mol. The van der Waals surface area contributed by atoms with Crippen molar-refractivity contribution in [3.8, 4) is 5.75 Å². The van der Waals surface area contributed by atoms with E-state index in [1.165, 1.54) is 14.2 Å². The molecule has 6 heteroatoms. The molecule has 0 saturated heterocycles. The summed E-state index contributed by atoms with van der Waals surface area (Å²) in [5.74, 6) is -0.410. The van der Waals surface area contributed by atoms with E-state index in [1.807, 2.05) is 0 Å². The van der Waals surface area contributed by atoms with Crippen molar-refractivity contribution in [1.29, 1.82) is 0 Å². The number of esters is 1. The summed E-state index contributed by atoms with van der Waals surface area (Å²) in [6, 6.07) is 10.1. The lowest BCUT2D eigenvalue weighted by atomic mass is 9.99. The molecule has 0 unspecified atom stereocenters. The lowest BCUT2D eigenvalue weighted by Gasteiger charge is -2.06. The molecule has 1 N–H and O–H groups in total. The number of nitrogens with zero attached hydrogens (tertiary/aromatic N) is 1. The van der Waals surface area contributed by atoms with Crippen LogP contribution in [0.15, 0.2) is 41.6 Å². The summed E-state index contributed by atoms with van der Waals surface area (Å²) in [6.07, 6.45) is 0.973.